The summed E-state index contributed by atoms with van der Waals surface area (Å²) >= 11 is 0. The first-order valence-electron chi connectivity index (χ1n) is 10.3. The molecule has 6 nitrogen and oxygen atoms in total. The monoisotopic (exact) mass is 407 g/mol. The maximum absolute atomic E-state index is 13.2. The Balaban J connectivity index is 1.78. The third-order valence-corrected chi connectivity index (χ3v) is 6.17. The first kappa shape index (κ1) is 20.3. The highest BCUT2D eigenvalue weighted by Gasteiger charge is 2.40. The summed E-state index contributed by atoms with van der Waals surface area (Å²) in [6, 6.07) is 8.27. The summed E-state index contributed by atoms with van der Waals surface area (Å²) in [6.45, 7) is 6.92. The van der Waals surface area contributed by atoms with Crippen LogP contribution in [0.3, 0.4) is 0 Å². The van der Waals surface area contributed by atoms with Crippen LogP contribution in [0.2, 0.25) is 0 Å². The van der Waals surface area contributed by atoms with Crippen LogP contribution in [0.4, 0.5) is 10.5 Å². The topological polar surface area (TPSA) is 54.4 Å². The van der Waals surface area contributed by atoms with E-state index in [-0.39, 0.29) is 12.1 Å². The lowest BCUT2D eigenvalue weighted by molar-refractivity contribution is 0.141. The second-order valence-electron chi connectivity index (χ2n) is 8.19. The summed E-state index contributed by atoms with van der Waals surface area (Å²) < 4.78 is 11.0. The minimum absolute atomic E-state index is 0.00662. The number of hydrogen-bond donors (Lipinski definition) is 0. The molecule has 1 atom stereocenters. The largest absolute Gasteiger partial charge is 0.493 e. The molecule has 0 saturated carbocycles. The van der Waals surface area contributed by atoms with Gasteiger partial charge in [-0.2, -0.15) is 0 Å². The van der Waals surface area contributed by atoms with E-state index in [1.807, 2.05) is 24.1 Å². The van der Waals surface area contributed by atoms with Gasteiger partial charge in [-0.05, 0) is 61.6 Å². The molecule has 1 fully saturated rings. The van der Waals surface area contributed by atoms with Crippen molar-refractivity contribution in [3.63, 3.8) is 0 Å². The molecule has 2 aliphatic heterocycles. The van der Waals surface area contributed by atoms with Crippen molar-refractivity contribution in [3.8, 4) is 11.5 Å². The molecule has 4 rings (SSSR count). The number of rotatable bonds is 3. The third-order valence-electron chi connectivity index (χ3n) is 6.17. The lowest BCUT2D eigenvalue weighted by Gasteiger charge is -2.44. The number of aryl methyl sites for hydroxylation is 3. The number of aliphatic imine (C=N–C) groups is 1. The summed E-state index contributed by atoms with van der Waals surface area (Å²) in [4.78, 5) is 21.8. The van der Waals surface area contributed by atoms with Crippen LogP contribution in [0.25, 0.3) is 0 Å². The van der Waals surface area contributed by atoms with E-state index >= 15 is 0 Å². The molecule has 2 aliphatic rings. The fourth-order valence-corrected chi connectivity index (χ4v) is 4.69. The molecule has 1 unspecified atom stereocenters. The van der Waals surface area contributed by atoms with E-state index in [9.17, 15) is 4.79 Å². The molecule has 2 heterocycles. The third kappa shape index (κ3) is 3.30. The van der Waals surface area contributed by atoms with Gasteiger partial charge in [0.25, 0.3) is 0 Å². The Morgan fingerprint density at radius 1 is 1.00 bits per heavy atom. The van der Waals surface area contributed by atoms with Crippen LogP contribution in [-0.2, 0) is 6.42 Å². The molecule has 0 bridgehead atoms. The quantitative estimate of drug-likeness (QED) is 0.740. The molecule has 0 aliphatic carbocycles. The van der Waals surface area contributed by atoms with Gasteiger partial charge in [0.2, 0.25) is 0 Å². The number of amidine groups is 1. The van der Waals surface area contributed by atoms with Crippen LogP contribution in [-0.4, -0.2) is 49.5 Å². The highest BCUT2D eigenvalue weighted by Crippen LogP contribution is 2.42. The van der Waals surface area contributed by atoms with Crippen molar-refractivity contribution in [3.05, 3.63) is 52.1 Å². The fraction of sp³-hybridized carbons (Fsp3) is 0.417. The zero-order valence-electron chi connectivity index (χ0n) is 18.6. The lowest BCUT2D eigenvalue weighted by atomic mass is 9.88. The van der Waals surface area contributed by atoms with E-state index < -0.39 is 0 Å². The Hall–Kier alpha value is -3.02. The Bertz CT molecular complexity index is 1020. The van der Waals surface area contributed by atoms with Gasteiger partial charge in [0.15, 0.2) is 11.5 Å². The Morgan fingerprint density at radius 2 is 1.63 bits per heavy atom. The number of carbonyl (C=O) groups excluding carboxylic acids is 1. The van der Waals surface area contributed by atoms with E-state index in [1.54, 1.807) is 19.1 Å². The normalized spacial score (nSPS) is 19.6. The molecule has 158 valence electrons. The van der Waals surface area contributed by atoms with Gasteiger partial charge in [0, 0.05) is 20.0 Å². The van der Waals surface area contributed by atoms with Gasteiger partial charge in [-0.1, -0.05) is 17.7 Å². The number of urea groups is 1. The van der Waals surface area contributed by atoms with E-state index in [0.29, 0.717) is 18.7 Å². The summed E-state index contributed by atoms with van der Waals surface area (Å²) in [5.41, 5.74) is 6.73. The standard InChI is InChI=1S/C24H29N3O3/c1-14-9-15(2)23(16(3)10-14)25-22-13-19-18-12-21(30-6)20(29-5)11-17(18)7-8-27(19)24(28)26(22)4/h9-12,19H,7-8,13H2,1-6H3. The average Bonchev–Trinajstić information content (AvgIpc) is 2.72. The lowest BCUT2D eigenvalue weighted by Crippen LogP contribution is -2.53. The molecular formula is C24H29N3O3. The van der Waals surface area contributed by atoms with Crippen molar-refractivity contribution in [2.75, 3.05) is 27.8 Å². The Labute approximate surface area is 178 Å². The molecular weight excluding hydrogens is 378 g/mol. The van der Waals surface area contributed by atoms with Crippen LogP contribution >= 0.6 is 0 Å². The SMILES string of the molecule is COc1cc2c(cc1OC)C1CC(=Nc3c(C)cc(C)cc3C)N(C)C(=O)N1CC2. The van der Waals surface area contributed by atoms with Gasteiger partial charge < -0.3 is 14.4 Å². The molecule has 6 heteroatoms. The number of fused-ring (bicyclic) bond motifs is 3. The predicted octanol–water partition coefficient (Wildman–Crippen LogP) is 4.71. The highest BCUT2D eigenvalue weighted by atomic mass is 16.5. The number of carbonyl (C=O) groups is 1. The van der Waals surface area contributed by atoms with E-state index in [2.05, 4.69) is 32.9 Å². The number of benzene rings is 2. The van der Waals surface area contributed by atoms with Gasteiger partial charge >= 0.3 is 6.03 Å². The number of hydrogen-bond acceptors (Lipinski definition) is 4. The molecule has 0 aromatic heterocycles. The van der Waals surface area contributed by atoms with E-state index in [0.717, 1.165) is 40.4 Å². The zero-order chi connectivity index (χ0) is 21.6. The van der Waals surface area contributed by atoms with Crippen LogP contribution < -0.4 is 9.47 Å². The van der Waals surface area contributed by atoms with Gasteiger partial charge in [-0.15, -0.1) is 0 Å². The Kier molecular flexibility index (Phi) is 5.18. The van der Waals surface area contributed by atoms with Crippen LogP contribution in [0.1, 0.15) is 40.3 Å². The van der Waals surface area contributed by atoms with E-state index in [4.69, 9.17) is 14.5 Å². The number of nitrogens with zero attached hydrogens (tertiary/aromatic N) is 3. The second kappa shape index (κ2) is 7.67. The van der Waals surface area contributed by atoms with Crippen LogP contribution in [0, 0.1) is 20.8 Å². The molecule has 30 heavy (non-hydrogen) atoms. The van der Waals surface area contributed by atoms with Gasteiger partial charge in [0.05, 0.1) is 25.9 Å². The number of ether oxygens (including phenoxy) is 2. The maximum atomic E-state index is 13.2. The predicted molar refractivity (Wildman–Crippen MR) is 118 cm³/mol. The molecule has 2 aromatic rings. The molecule has 2 aromatic carbocycles. The van der Waals surface area contributed by atoms with Crippen LogP contribution in [0.5, 0.6) is 11.5 Å². The van der Waals surface area contributed by atoms with Gasteiger partial charge in [-0.25, -0.2) is 9.79 Å². The smallest absolute Gasteiger partial charge is 0.325 e. The summed E-state index contributed by atoms with van der Waals surface area (Å²) in [6.07, 6.45) is 1.46. The zero-order valence-corrected chi connectivity index (χ0v) is 18.6. The molecule has 0 spiro atoms. The first-order chi connectivity index (χ1) is 14.3. The summed E-state index contributed by atoms with van der Waals surface area (Å²) in [5.74, 6) is 2.20. The Morgan fingerprint density at radius 3 is 2.27 bits per heavy atom. The molecule has 0 radical (unpaired) electrons. The molecule has 0 N–H and O–H groups in total. The number of amides is 2. The van der Waals surface area contributed by atoms with Crippen molar-refractivity contribution in [2.45, 2.75) is 39.7 Å². The number of methoxy groups -OCH3 is 2. The van der Waals surface area contributed by atoms with Crippen molar-refractivity contribution >= 4 is 17.6 Å². The maximum Gasteiger partial charge on any atom is 0.325 e. The van der Waals surface area contributed by atoms with Crippen molar-refractivity contribution < 1.29 is 14.3 Å². The van der Waals surface area contributed by atoms with Gasteiger partial charge in [-0.3, -0.25) is 4.90 Å². The van der Waals surface area contributed by atoms with Crippen molar-refractivity contribution in [1.82, 2.24) is 9.80 Å². The molecule has 2 amide bonds. The van der Waals surface area contributed by atoms with Crippen molar-refractivity contribution in [1.29, 1.82) is 0 Å². The summed E-state index contributed by atoms with van der Waals surface area (Å²) in [7, 11) is 5.11. The van der Waals surface area contributed by atoms with E-state index in [1.165, 1.54) is 11.1 Å². The van der Waals surface area contributed by atoms with Crippen LogP contribution in [0.15, 0.2) is 29.3 Å². The minimum atomic E-state index is -0.0536. The summed E-state index contributed by atoms with van der Waals surface area (Å²) in [5, 5.41) is 0. The fourth-order valence-electron chi connectivity index (χ4n) is 4.69. The highest BCUT2D eigenvalue weighted by molar-refractivity contribution is 6.01. The molecule has 1 saturated heterocycles. The minimum Gasteiger partial charge on any atom is -0.493 e. The average molecular weight is 408 g/mol. The first-order valence-corrected chi connectivity index (χ1v) is 10.3. The van der Waals surface area contributed by atoms with Gasteiger partial charge in [0.1, 0.15) is 5.84 Å². The van der Waals surface area contributed by atoms with Crippen molar-refractivity contribution in [2.24, 2.45) is 4.99 Å². The second-order valence-corrected chi connectivity index (χ2v) is 8.19.